The Labute approximate surface area is 124 Å². The van der Waals surface area contributed by atoms with E-state index in [1.54, 1.807) is 0 Å². The highest BCUT2D eigenvalue weighted by molar-refractivity contribution is 5.69. The maximum absolute atomic E-state index is 11.5. The van der Waals surface area contributed by atoms with Gasteiger partial charge in [0.2, 0.25) is 6.79 Å². The summed E-state index contributed by atoms with van der Waals surface area (Å²) in [6.07, 6.45) is 3.50. The molecule has 1 saturated carbocycles. The number of carbonyl (C=O) groups excluding carboxylic acids is 1. The summed E-state index contributed by atoms with van der Waals surface area (Å²) in [5, 5.41) is 0. The molecule has 0 amide bonds. The largest absolute Gasteiger partial charge is 0.469 e. The third-order valence-corrected chi connectivity index (χ3v) is 4.58. The molecule has 2 N–H and O–H groups in total. The second-order valence-electron chi connectivity index (χ2n) is 5.77. The van der Waals surface area contributed by atoms with Crippen molar-refractivity contribution in [1.82, 2.24) is 0 Å². The summed E-state index contributed by atoms with van der Waals surface area (Å²) in [5.74, 6) is 1.83. The lowest BCUT2D eigenvalue weighted by molar-refractivity contribution is -0.142. The highest BCUT2D eigenvalue weighted by atomic mass is 16.7. The minimum absolute atomic E-state index is 0.0294. The zero-order valence-electron chi connectivity index (χ0n) is 12.2. The van der Waals surface area contributed by atoms with Gasteiger partial charge in [-0.05, 0) is 42.4 Å². The number of hydrogen-bond acceptors (Lipinski definition) is 5. The fourth-order valence-electron chi connectivity index (χ4n) is 3.38. The molecule has 1 aliphatic heterocycles. The number of fused-ring (bicyclic) bond motifs is 1. The molecule has 1 aromatic rings. The summed E-state index contributed by atoms with van der Waals surface area (Å²) < 4.78 is 15.5. The van der Waals surface area contributed by atoms with Crippen molar-refractivity contribution in [2.75, 3.05) is 13.9 Å². The standard InChI is InChI=1S/C16H21NO4/c1-19-15(18)8-11-3-2-4-12(16(11)17)10-5-6-13-14(7-10)21-9-20-13/h5-7,11-12,16H,2-4,8-9,17H2,1H3/t11-,12-,16+/m0/s1. The van der Waals surface area contributed by atoms with Crippen LogP contribution in [0.4, 0.5) is 0 Å². The first-order chi connectivity index (χ1) is 10.2. The molecule has 3 rings (SSSR count). The summed E-state index contributed by atoms with van der Waals surface area (Å²) in [5.41, 5.74) is 7.59. The minimum Gasteiger partial charge on any atom is -0.469 e. The molecule has 1 aromatic carbocycles. The summed E-state index contributed by atoms with van der Waals surface area (Å²) in [7, 11) is 1.42. The molecule has 1 heterocycles. The van der Waals surface area contributed by atoms with Crippen molar-refractivity contribution in [3.05, 3.63) is 23.8 Å². The molecule has 1 aliphatic carbocycles. The number of benzene rings is 1. The van der Waals surface area contributed by atoms with Crippen LogP contribution in [0.5, 0.6) is 11.5 Å². The average Bonchev–Trinajstić information content (AvgIpc) is 2.96. The van der Waals surface area contributed by atoms with Gasteiger partial charge in [0.1, 0.15) is 0 Å². The van der Waals surface area contributed by atoms with E-state index in [2.05, 4.69) is 6.07 Å². The van der Waals surface area contributed by atoms with Gasteiger partial charge in [-0.2, -0.15) is 0 Å². The van der Waals surface area contributed by atoms with E-state index in [0.29, 0.717) is 6.42 Å². The van der Waals surface area contributed by atoms with E-state index in [-0.39, 0.29) is 30.6 Å². The molecule has 0 spiro atoms. The smallest absolute Gasteiger partial charge is 0.305 e. The van der Waals surface area contributed by atoms with E-state index < -0.39 is 0 Å². The van der Waals surface area contributed by atoms with Gasteiger partial charge in [-0.1, -0.05) is 12.5 Å². The molecule has 0 bridgehead atoms. The number of esters is 1. The van der Waals surface area contributed by atoms with Crippen LogP contribution in [0.3, 0.4) is 0 Å². The fourth-order valence-corrected chi connectivity index (χ4v) is 3.38. The molecule has 2 aliphatic rings. The van der Waals surface area contributed by atoms with E-state index in [9.17, 15) is 4.79 Å². The second-order valence-corrected chi connectivity index (χ2v) is 5.77. The minimum atomic E-state index is -0.179. The molecule has 5 heteroatoms. The zero-order chi connectivity index (χ0) is 14.8. The van der Waals surface area contributed by atoms with Gasteiger partial charge in [0.05, 0.1) is 7.11 Å². The van der Waals surface area contributed by atoms with E-state index in [1.165, 1.54) is 12.7 Å². The predicted molar refractivity (Wildman–Crippen MR) is 77.3 cm³/mol. The predicted octanol–water partition coefficient (Wildman–Crippen LogP) is 2.19. The van der Waals surface area contributed by atoms with Gasteiger partial charge in [0.15, 0.2) is 11.5 Å². The summed E-state index contributed by atoms with van der Waals surface area (Å²) in [6, 6.07) is 5.98. The monoisotopic (exact) mass is 291 g/mol. The Bertz CT molecular complexity index is 531. The van der Waals surface area contributed by atoms with Gasteiger partial charge in [0, 0.05) is 12.5 Å². The van der Waals surface area contributed by atoms with Crippen molar-refractivity contribution >= 4 is 5.97 Å². The van der Waals surface area contributed by atoms with Crippen molar-refractivity contribution < 1.29 is 19.0 Å². The molecule has 21 heavy (non-hydrogen) atoms. The average molecular weight is 291 g/mol. The van der Waals surface area contributed by atoms with Crippen LogP contribution in [0, 0.1) is 5.92 Å². The number of carbonyl (C=O) groups is 1. The molecular formula is C16H21NO4. The van der Waals surface area contributed by atoms with Crippen LogP contribution in [0.15, 0.2) is 18.2 Å². The van der Waals surface area contributed by atoms with Gasteiger partial charge in [-0.3, -0.25) is 4.79 Å². The lowest BCUT2D eigenvalue weighted by Crippen LogP contribution is -2.40. The first-order valence-electron chi connectivity index (χ1n) is 7.41. The van der Waals surface area contributed by atoms with Crippen molar-refractivity contribution in [2.24, 2.45) is 11.7 Å². The SMILES string of the molecule is COC(=O)C[C@@H]1CCC[C@@H](c2ccc3c(c2)OCO3)[C@@H]1N. The number of methoxy groups -OCH3 is 1. The number of nitrogens with two attached hydrogens (primary N) is 1. The first-order valence-corrected chi connectivity index (χ1v) is 7.41. The van der Waals surface area contributed by atoms with Crippen LogP contribution in [0.2, 0.25) is 0 Å². The van der Waals surface area contributed by atoms with Gasteiger partial charge in [-0.15, -0.1) is 0 Å². The number of rotatable bonds is 3. The molecule has 1 fully saturated rings. The lowest BCUT2D eigenvalue weighted by atomic mass is 9.73. The van der Waals surface area contributed by atoms with Gasteiger partial charge >= 0.3 is 5.97 Å². The molecule has 0 radical (unpaired) electrons. The fraction of sp³-hybridized carbons (Fsp3) is 0.562. The Kier molecular flexibility index (Phi) is 4.01. The molecular weight excluding hydrogens is 270 g/mol. The highest BCUT2D eigenvalue weighted by Crippen LogP contribution is 2.41. The van der Waals surface area contributed by atoms with Crippen molar-refractivity contribution in [3.8, 4) is 11.5 Å². The van der Waals surface area contributed by atoms with E-state index in [1.807, 2.05) is 12.1 Å². The van der Waals surface area contributed by atoms with Crippen LogP contribution in [0.25, 0.3) is 0 Å². The van der Waals surface area contributed by atoms with E-state index in [0.717, 1.165) is 30.8 Å². The Morgan fingerprint density at radius 1 is 1.33 bits per heavy atom. The molecule has 3 atom stereocenters. The molecule has 5 nitrogen and oxygen atoms in total. The zero-order valence-corrected chi connectivity index (χ0v) is 12.2. The summed E-state index contributed by atoms with van der Waals surface area (Å²) in [4.78, 5) is 11.5. The Morgan fingerprint density at radius 2 is 2.14 bits per heavy atom. The van der Waals surface area contributed by atoms with Gasteiger partial charge < -0.3 is 19.9 Å². The molecule has 0 unspecified atom stereocenters. The van der Waals surface area contributed by atoms with Crippen LogP contribution in [0.1, 0.15) is 37.2 Å². The topological polar surface area (TPSA) is 70.8 Å². The summed E-state index contributed by atoms with van der Waals surface area (Å²) >= 11 is 0. The molecule has 114 valence electrons. The highest BCUT2D eigenvalue weighted by Gasteiger charge is 2.33. The summed E-state index contributed by atoms with van der Waals surface area (Å²) in [6.45, 7) is 0.278. The third kappa shape index (κ3) is 2.83. The molecule has 0 aromatic heterocycles. The molecule has 0 saturated heterocycles. The van der Waals surface area contributed by atoms with Crippen molar-refractivity contribution in [1.29, 1.82) is 0 Å². The Morgan fingerprint density at radius 3 is 2.95 bits per heavy atom. The van der Waals surface area contributed by atoms with Crippen molar-refractivity contribution in [3.63, 3.8) is 0 Å². The van der Waals surface area contributed by atoms with Crippen LogP contribution in [-0.2, 0) is 9.53 Å². The van der Waals surface area contributed by atoms with E-state index in [4.69, 9.17) is 19.9 Å². The normalized spacial score (nSPS) is 27.4. The quantitative estimate of drug-likeness (QED) is 0.864. The van der Waals surface area contributed by atoms with Crippen LogP contribution in [-0.4, -0.2) is 25.9 Å². The van der Waals surface area contributed by atoms with Crippen LogP contribution < -0.4 is 15.2 Å². The first kappa shape index (κ1) is 14.2. The third-order valence-electron chi connectivity index (χ3n) is 4.58. The Balaban J connectivity index is 1.76. The van der Waals surface area contributed by atoms with Crippen LogP contribution >= 0.6 is 0 Å². The van der Waals surface area contributed by atoms with E-state index >= 15 is 0 Å². The number of ether oxygens (including phenoxy) is 3. The maximum Gasteiger partial charge on any atom is 0.305 e. The maximum atomic E-state index is 11.5. The lowest BCUT2D eigenvalue weighted by Gasteiger charge is -2.35. The number of hydrogen-bond donors (Lipinski definition) is 1. The second kappa shape index (κ2) is 5.93. The van der Waals surface area contributed by atoms with Crippen molar-refractivity contribution in [2.45, 2.75) is 37.6 Å². The van der Waals surface area contributed by atoms with Gasteiger partial charge in [-0.25, -0.2) is 0 Å². The van der Waals surface area contributed by atoms with Gasteiger partial charge in [0.25, 0.3) is 0 Å². The Hall–Kier alpha value is -1.75.